The molecule has 4 atom stereocenters. The van der Waals surface area contributed by atoms with E-state index in [0.717, 1.165) is 49.1 Å². The van der Waals surface area contributed by atoms with E-state index in [1.54, 1.807) is 0 Å². The first kappa shape index (κ1) is 35.5. The van der Waals surface area contributed by atoms with Crippen LogP contribution in [0.25, 0.3) is 0 Å². The summed E-state index contributed by atoms with van der Waals surface area (Å²) in [6, 6.07) is 9.14. The number of carbonyl (C=O) groups is 2. The van der Waals surface area contributed by atoms with Gasteiger partial charge in [0.15, 0.2) is 0 Å². The number of nitrogens with one attached hydrogen (secondary N) is 3. The molecular weight excluding hydrogens is 576 g/mol. The number of benzene rings is 2. The van der Waals surface area contributed by atoms with Gasteiger partial charge in [-0.1, -0.05) is 58.1 Å². The fourth-order valence-corrected chi connectivity index (χ4v) is 6.00. The Morgan fingerprint density at radius 1 is 1.09 bits per heavy atom. The largest absolute Gasteiger partial charge is 0.493 e. The van der Waals surface area contributed by atoms with E-state index in [2.05, 4.69) is 41.6 Å². The molecule has 0 fully saturated rings. The molecule has 0 radical (unpaired) electrons. The van der Waals surface area contributed by atoms with Crippen LogP contribution in [0.5, 0.6) is 11.5 Å². The molecule has 8 nitrogen and oxygen atoms in total. The average Bonchev–Trinajstić information content (AvgIpc) is 2.99. The molecule has 1 aliphatic heterocycles. The van der Waals surface area contributed by atoms with Gasteiger partial charge in [0, 0.05) is 36.3 Å². The van der Waals surface area contributed by atoms with Crippen LogP contribution in [0.4, 0.5) is 17.1 Å². The van der Waals surface area contributed by atoms with Crippen LogP contribution in [0.3, 0.4) is 0 Å². The maximum atomic E-state index is 12.8. The zero-order valence-corrected chi connectivity index (χ0v) is 28.3. The van der Waals surface area contributed by atoms with Crippen LogP contribution in [-0.2, 0) is 9.59 Å². The van der Waals surface area contributed by atoms with Crippen molar-refractivity contribution in [1.29, 1.82) is 0 Å². The van der Waals surface area contributed by atoms with E-state index in [4.69, 9.17) is 21.1 Å². The first-order valence-electron chi connectivity index (χ1n) is 16.3. The van der Waals surface area contributed by atoms with Gasteiger partial charge in [-0.15, -0.1) is 0 Å². The Kier molecular flexibility index (Phi) is 14.6. The summed E-state index contributed by atoms with van der Waals surface area (Å²) in [5, 5.41) is 10.5. The van der Waals surface area contributed by atoms with E-state index in [9.17, 15) is 9.59 Å². The van der Waals surface area contributed by atoms with E-state index in [-0.39, 0.29) is 17.9 Å². The normalized spacial score (nSPS) is 17.3. The van der Waals surface area contributed by atoms with Gasteiger partial charge in [-0.25, -0.2) is 0 Å². The van der Waals surface area contributed by atoms with Crippen LogP contribution in [0.2, 0.25) is 5.02 Å². The topological polar surface area (TPSA) is 91.9 Å². The molecule has 244 valence electrons. The van der Waals surface area contributed by atoms with Crippen molar-refractivity contribution in [2.24, 2.45) is 17.8 Å². The molecule has 9 heteroatoms. The van der Waals surface area contributed by atoms with Gasteiger partial charge in [-0.3, -0.25) is 4.79 Å². The van der Waals surface area contributed by atoms with Crippen LogP contribution in [0.1, 0.15) is 84.2 Å². The third kappa shape index (κ3) is 10.3. The molecule has 2 aromatic carbocycles. The number of rotatable bonds is 19. The van der Waals surface area contributed by atoms with Gasteiger partial charge in [0.2, 0.25) is 5.91 Å². The van der Waals surface area contributed by atoms with Gasteiger partial charge >= 0.3 is 0 Å². The lowest BCUT2D eigenvalue weighted by Gasteiger charge is -2.34. The lowest BCUT2D eigenvalue weighted by Crippen LogP contribution is -2.33. The van der Waals surface area contributed by atoms with E-state index in [1.165, 1.54) is 19.3 Å². The monoisotopic (exact) mass is 628 g/mol. The van der Waals surface area contributed by atoms with Crippen LogP contribution in [0.15, 0.2) is 30.3 Å². The molecule has 4 unspecified atom stereocenters. The van der Waals surface area contributed by atoms with Crippen molar-refractivity contribution in [3.05, 3.63) is 40.9 Å². The Labute approximate surface area is 269 Å². The predicted octanol–water partition coefficient (Wildman–Crippen LogP) is 8.03. The zero-order valence-electron chi connectivity index (χ0n) is 27.5. The summed E-state index contributed by atoms with van der Waals surface area (Å²) < 4.78 is 12.1. The van der Waals surface area contributed by atoms with Crippen LogP contribution in [-0.4, -0.2) is 57.5 Å². The Bertz CT molecular complexity index is 1210. The van der Waals surface area contributed by atoms with Gasteiger partial charge < -0.3 is 35.1 Å². The molecule has 3 N–H and O–H groups in total. The minimum Gasteiger partial charge on any atom is -0.493 e. The molecule has 0 saturated carbocycles. The number of unbranched alkanes of at least 4 members (excludes halogenated alkanes) is 1. The number of hydrogen-bond acceptors (Lipinski definition) is 7. The van der Waals surface area contributed by atoms with Gasteiger partial charge in [0.1, 0.15) is 17.8 Å². The lowest BCUT2D eigenvalue weighted by atomic mass is 9.87. The molecule has 44 heavy (non-hydrogen) atoms. The molecule has 0 saturated heterocycles. The Morgan fingerprint density at radius 3 is 2.55 bits per heavy atom. The number of aldehydes is 1. The predicted molar refractivity (Wildman–Crippen MR) is 182 cm³/mol. The van der Waals surface area contributed by atoms with Crippen molar-refractivity contribution in [3.8, 4) is 11.5 Å². The zero-order chi connectivity index (χ0) is 32.1. The van der Waals surface area contributed by atoms with E-state index < -0.39 is 0 Å². The number of nitrogens with zero attached hydrogens (tertiary/aromatic N) is 1. The number of anilines is 3. The second-order valence-electron chi connectivity index (χ2n) is 12.2. The quantitative estimate of drug-likeness (QED) is 0.136. The summed E-state index contributed by atoms with van der Waals surface area (Å²) in [7, 11) is 3.98. The van der Waals surface area contributed by atoms with Crippen molar-refractivity contribution in [2.45, 2.75) is 78.7 Å². The smallest absolute Gasteiger partial charge is 0.224 e. The molecule has 0 aliphatic carbocycles. The second kappa shape index (κ2) is 18.1. The van der Waals surface area contributed by atoms with Crippen molar-refractivity contribution in [3.63, 3.8) is 0 Å². The lowest BCUT2D eigenvalue weighted by molar-refractivity contribution is -0.116. The summed E-state index contributed by atoms with van der Waals surface area (Å²) in [4.78, 5) is 27.1. The fourth-order valence-electron chi connectivity index (χ4n) is 5.77. The van der Waals surface area contributed by atoms with E-state index >= 15 is 0 Å². The van der Waals surface area contributed by atoms with Gasteiger partial charge in [-0.05, 0) is 70.4 Å². The molecule has 2 aromatic rings. The highest BCUT2D eigenvalue weighted by Crippen LogP contribution is 2.42. The first-order chi connectivity index (χ1) is 21.2. The average molecular weight is 629 g/mol. The van der Waals surface area contributed by atoms with Gasteiger partial charge in [0.25, 0.3) is 0 Å². The Balaban J connectivity index is 1.80. The first-order valence-corrected chi connectivity index (χ1v) is 16.7. The highest BCUT2D eigenvalue weighted by Gasteiger charge is 2.31. The summed E-state index contributed by atoms with van der Waals surface area (Å²) >= 11 is 6.78. The summed E-state index contributed by atoms with van der Waals surface area (Å²) in [6.45, 7) is 11.1. The van der Waals surface area contributed by atoms with E-state index in [1.807, 2.05) is 51.4 Å². The summed E-state index contributed by atoms with van der Waals surface area (Å²) in [6.07, 6.45) is 8.07. The van der Waals surface area contributed by atoms with Crippen molar-refractivity contribution < 1.29 is 19.1 Å². The Morgan fingerprint density at radius 2 is 1.89 bits per heavy atom. The number of ether oxygens (including phenoxy) is 2. The van der Waals surface area contributed by atoms with Gasteiger partial charge in [-0.2, -0.15) is 0 Å². The molecule has 0 bridgehead atoms. The standard InChI is InChI=1S/C35H53ClN4O4/c1-7-10-13-24(4)25(12-8-2)23-44-27-15-16-30(29(36)18-27)39-35-26(22-41)21-37-31-20-33(43-9-3)32(19-28(31)35)38-34(42)14-11-17-40(5)6/h15-16,18-20,22,24-26,35,37,39H,7-14,17,21,23H2,1-6H3,(H,38,42). The number of amides is 1. The van der Waals surface area contributed by atoms with Crippen molar-refractivity contribution in [2.75, 3.05) is 56.3 Å². The maximum absolute atomic E-state index is 12.8. The van der Waals surface area contributed by atoms with Crippen LogP contribution in [0, 0.1) is 17.8 Å². The van der Waals surface area contributed by atoms with E-state index in [0.29, 0.717) is 60.2 Å². The fraction of sp³-hybridized carbons (Fsp3) is 0.600. The highest BCUT2D eigenvalue weighted by molar-refractivity contribution is 6.33. The number of hydrogen-bond donors (Lipinski definition) is 3. The summed E-state index contributed by atoms with van der Waals surface area (Å²) in [5.41, 5.74) is 3.02. The number of fused-ring (bicyclic) bond motifs is 1. The third-order valence-electron chi connectivity index (χ3n) is 8.39. The molecule has 1 heterocycles. The number of halogens is 1. The van der Waals surface area contributed by atoms with Crippen LogP contribution >= 0.6 is 11.6 Å². The molecule has 0 aromatic heterocycles. The third-order valence-corrected chi connectivity index (χ3v) is 8.71. The highest BCUT2D eigenvalue weighted by atomic mass is 35.5. The number of carbonyl (C=O) groups excluding carboxylic acids is 2. The molecule has 0 spiro atoms. The van der Waals surface area contributed by atoms with Crippen molar-refractivity contribution >= 4 is 40.9 Å². The minimum atomic E-state index is -0.360. The molecule has 1 amide bonds. The van der Waals surface area contributed by atoms with Crippen LogP contribution < -0.4 is 25.4 Å². The Hall–Kier alpha value is -2.97. The maximum Gasteiger partial charge on any atom is 0.224 e. The minimum absolute atomic E-state index is 0.0764. The molecule has 1 aliphatic rings. The van der Waals surface area contributed by atoms with Crippen molar-refractivity contribution in [1.82, 2.24) is 4.90 Å². The molecular formula is C35H53ClN4O4. The SMILES string of the molecule is CCCCC(C)C(CCC)COc1ccc(NC2c3cc(NC(=O)CCCN(C)C)c(OCC)cc3NCC2C=O)c(Cl)c1. The second-order valence-corrected chi connectivity index (χ2v) is 12.7. The molecule has 3 rings (SSSR count). The summed E-state index contributed by atoms with van der Waals surface area (Å²) in [5.74, 6) is 2.02. The van der Waals surface area contributed by atoms with Gasteiger partial charge in [0.05, 0.1) is 41.6 Å².